The summed E-state index contributed by atoms with van der Waals surface area (Å²) in [6, 6.07) is 5.14. The molecule has 0 bridgehead atoms. The Bertz CT molecular complexity index is 550. The fourth-order valence-electron chi connectivity index (χ4n) is 1.37. The minimum Gasteiger partial charge on any atom is -0.396 e. The number of nitrogens with zero attached hydrogens (tertiary/aromatic N) is 2. The zero-order chi connectivity index (χ0) is 11.7. The minimum atomic E-state index is -0.503. The SMILES string of the molecule is NC(=O)c1ccc(Br)cc1-n1cc(N)cn1. The van der Waals surface area contributed by atoms with E-state index in [9.17, 15) is 4.79 Å². The van der Waals surface area contributed by atoms with Gasteiger partial charge < -0.3 is 11.5 Å². The third kappa shape index (κ3) is 1.92. The number of carbonyl (C=O) groups excluding carboxylic acids is 1. The Kier molecular flexibility index (Phi) is 2.66. The monoisotopic (exact) mass is 280 g/mol. The van der Waals surface area contributed by atoms with Crippen LogP contribution in [-0.4, -0.2) is 15.7 Å². The molecule has 1 aromatic carbocycles. The number of primary amides is 1. The molecule has 1 heterocycles. The molecule has 16 heavy (non-hydrogen) atoms. The first-order valence-corrected chi connectivity index (χ1v) is 5.27. The van der Waals surface area contributed by atoms with Crippen molar-refractivity contribution in [3.8, 4) is 5.69 Å². The van der Waals surface area contributed by atoms with Crippen LogP contribution in [0.25, 0.3) is 5.69 Å². The van der Waals surface area contributed by atoms with Crippen molar-refractivity contribution in [3.63, 3.8) is 0 Å². The lowest BCUT2D eigenvalue weighted by Crippen LogP contribution is -2.14. The van der Waals surface area contributed by atoms with Crippen LogP contribution in [0.1, 0.15) is 10.4 Å². The first kappa shape index (κ1) is 10.7. The number of nitrogen functional groups attached to an aromatic ring is 1. The molecule has 5 nitrogen and oxygen atoms in total. The molecular weight excluding hydrogens is 272 g/mol. The molecule has 4 N–H and O–H groups in total. The van der Waals surface area contributed by atoms with Crippen molar-refractivity contribution >= 4 is 27.5 Å². The van der Waals surface area contributed by atoms with E-state index in [0.29, 0.717) is 16.9 Å². The molecule has 2 rings (SSSR count). The summed E-state index contributed by atoms with van der Waals surface area (Å²) in [5.74, 6) is -0.503. The van der Waals surface area contributed by atoms with E-state index in [0.717, 1.165) is 4.47 Å². The molecule has 6 heteroatoms. The van der Waals surface area contributed by atoms with Gasteiger partial charge in [0.25, 0.3) is 5.91 Å². The van der Waals surface area contributed by atoms with Gasteiger partial charge in [-0.1, -0.05) is 15.9 Å². The molecule has 0 fully saturated rings. The van der Waals surface area contributed by atoms with Crippen LogP contribution in [0, 0.1) is 0 Å². The normalized spacial score (nSPS) is 10.3. The number of nitrogens with two attached hydrogens (primary N) is 2. The number of hydrogen-bond acceptors (Lipinski definition) is 3. The Morgan fingerprint density at radius 2 is 2.19 bits per heavy atom. The maximum absolute atomic E-state index is 11.2. The summed E-state index contributed by atoms with van der Waals surface area (Å²) in [6.45, 7) is 0. The van der Waals surface area contributed by atoms with E-state index >= 15 is 0 Å². The fraction of sp³-hybridized carbons (Fsp3) is 0. The van der Waals surface area contributed by atoms with Crippen LogP contribution in [0.5, 0.6) is 0 Å². The van der Waals surface area contributed by atoms with Crippen LogP contribution < -0.4 is 11.5 Å². The number of halogens is 1. The number of anilines is 1. The van der Waals surface area contributed by atoms with Crippen molar-refractivity contribution in [2.45, 2.75) is 0 Å². The average molecular weight is 281 g/mol. The summed E-state index contributed by atoms with van der Waals surface area (Å²) in [7, 11) is 0. The van der Waals surface area contributed by atoms with Crippen molar-refractivity contribution in [2.24, 2.45) is 5.73 Å². The van der Waals surface area contributed by atoms with Gasteiger partial charge in [-0.05, 0) is 18.2 Å². The van der Waals surface area contributed by atoms with E-state index in [1.807, 2.05) is 0 Å². The second-order valence-corrected chi connectivity index (χ2v) is 4.16. The highest BCUT2D eigenvalue weighted by atomic mass is 79.9. The number of amides is 1. The average Bonchev–Trinajstić information content (AvgIpc) is 2.64. The standard InChI is InChI=1S/C10H9BrN4O/c11-6-1-2-8(10(13)16)9(3-6)15-5-7(12)4-14-15/h1-5H,12H2,(H2,13,16). The number of rotatable bonds is 2. The third-order valence-corrected chi connectivity index (χ3v) is 2.57. The molecular formula is C10H9BrN4O. The van der Waals surface area contributed by atoms with Gasteiger partial charge in [0.1, 0.15) is 0 Å². The summed E-state index contributed by atoms with van der Waals surface area (Å²) in [4.78, 5) is 11.2. The molecule has 1 amide bonds. The van der Waals surface area contributed by atoms with E-state index in [1.54, 1.807) is 24.4 Å². The van der Waals surface area contributed by atoms with Gasteiger partial charge >= 0.3 is 0 Å². The van der Waals surface area contributed by atoms with E-state index in [1.165, 1.54) is 10.9 Å². The summed E-state index contributed by atoms with van der Waals surface area (Å²) in [5.41, 5.74) is 12.4. The smallest absolute Gasteiger partial charge is 0.250 e. The van der Waals surface area contributed by atoms with Gasteiger partial charge in [0.2, 0.25) is 0 Å². The van der Waals surface area contributed by atoms with Crippen molar-refractivity contribution in [2.75, 3.05) is 5.73 Å². The molecule has 0 aliphatic rings. The van der Waals surface area contributed by atoms with Gasteiger partial charge in [0.15, 0.2) is 0 Å². The highest BCUT2D eigenvalue weighted by molar-refractivity contribution is 9.10. The van der Waals surface area contributed by atoms with Crippen LogP contribution in [-0.2, 0) is 0 Å². The van der Waals surface area contributed by atoms with Gasteiger partial charge in [-0.15, -0.1) is 0 Å². The van der Waals surface area contributed by atoms with Gasteiger partial charge in [0, 0.05) is 4.47 Å². The molecule has 0 saturated carbocycles. The van der Waals surface area contributed by atoms with E-state index < -0.39 is 5.91 Å². The summed E-state index contributed by atoms with van der Waals surface area (Å²) < 4.78 is 2.35. The molecule has 0 aliphatic carbocycles. The van der Waals surface area contributed by atoms with Gasteiger partial charge in [-0.25, -0.2) is 4.68 Å². The van der Waals surface area contributed by atoms with Gasteiger partial charge in [0.05, 0.1) is 29.3 Å². The predicted octanol–water partition coefficient (Wildman–Crippen LogP) is 1.32. The van der Waals surface area contributed by atoms with E-state index in [2.05, 4.69) is 21.0 Å². The lowest BCUT2D eigenvalue weighted by molar-refractivity contribution is 0.1000. The number of carbonyl (C=O) groups is 1. The largest absolute Gasteiger partial charge is 0.396 e. The molecule has 82 valence electrons. The summed E-state index contributed by atoms with van der Waals surface area (Å²) in [5, 5.41) is 4.03. The first-order chi connectivity index (χ1) is 7.58. The molecule has 0 radical (unpaired) electrons. The van der Waals surface area contributed by atoms with Gasteiger partial charge in [-0.2, -0.15) is 5.10 Å². The summed E-state index contributed by atoms with van der Waals surface area (Å²) >= 11 is 3.33. The maximum Gasteiger partial charge on any atom is 0.250 e. The molecule has 0 saturated heterocycles. The Labute approximate surface area is 100 Å². The highest BCUT2D eigenvalue weighted by Gasteiger charge is 2.11. The van der Waals surface area contributed by atoms with Crippen LogP contribution in [0.2, 0.25) is 0 Å². The number of hydrogen-bond donors (Lipinski definition) is 2. The molecule has 0 aliphatic heterocycles. The minimum absolute atomic E-state index is 0.395. The zero-order valence-corrected chi connectivity index (χ0v) is 9.81. The number of benzene rings is 1. The molecule has 0 unspecified atom stereocenters. The summed E-state index contributed by atoms with van der Waals surface area (Å²) in [6.07, 6.45) is 3.12. The van der Waals surface area contributed by atoms with Crippen molar-refractivity contribution < 1.29 is 4.79 Å². The molecule has 1 aromatic heterocycles. The Balaban J connectivity index is 2.62. The van der Waals surface area contributed by atoms with Crippen LogP contribution in [0.15, 0.2) is 35.1 Å². The van der Waals surface area contributed by atoms with E-state index in [-0.39, 0.29) is 0 Å². The highest BCUT2D eigenvalue weighted by Crippen LogP contribution is 2.20. The molecule has 2 aromatic rings. The van der Waals surface area contributed by atoms with Crippen molar-refractivity contribution in [1.82, 2.24) is 9.78 Å². The third-order valence-electron chi connectivity index (χ3n) is 2.07. The lowest BCUT2D eigenvalue weighted by atomic mass is 10.1. The lowest BCUT2D eigenvalue weighted by Gasteiger charge is -2.06. The van der Waals surface area contributed by atoms with Crippen molar-refractivity contribution in [1.29, 1.82) is 0 Å². The zero-order valence-electron chi connectivity index (χ0n) is 8.22. The second-order valence-electron chi connectivity index (χ2n) is 3.24. The quantitative estimate of drug-likeness (QED) is 0.870. The maximum atomic E-state index is 11.2. The van der Waals surface area contributed by atoms with Gasteiger partial charge in [-0.3, -0.25) is 4.79 Å². The predicted molar refractivity (Wildman–Crippen MR) is 64.2 cm³/mol. The van der Waals surface area contributed by atoms with Crippen LogP contribution in [0.3, 0.4) is 0 Å². The number of aromatic nitrogens is 2. The Hall–Kier alpha value is -1.82. The molecule has 0 spiro atoms. The first-order valence-electron chi connectivity index (χ1n) is 4.48. The Morgan fingerprint density at radius 3 is 2.75 bits per heavy atom. The van der Waals surface area contributed by atoms with Crippen LogP contribution >= 0.6 is 15.9 Å². The van der Waals surface area contributed by atoms with Crippen LogP contribution in [0.4, 0.5) is 5.69 Å². The second kappa shape index (κ2) is 3.97. The molecule has 0 atom stereocenters. The fourth-order valence-corrected chi connectivity index (χ4v) is 1.72. The Morgan fingerprint density at radius 1 is 1.44 bits per heavy atom. The topological polar surface area (TPSA) is 86.9 Å². The van der Waals surface area contributed by atoms with E-state index in [4.69, 9.17) is 11.5 Å². The van der Waals surface area contributed by atoms with Crippen molar-refractivity contribution in [3.05, 3.63) is 40.6 Å².